The summed E-state index contributed by atoms with van der Waals surface area (Å²) in [6.45, 7) is 2.98. The molecule has 11 heteroatoms. The van der Waals surface area contributed by atoms with Crippen LogP contribution in [0.25, 0.3) is 0 Å². The van der Waals surface area contributed by atoms with E-state index in [1.807, 2.05) is 43.3 Å². The normalized spacial score (nSPS) is 27.0. The van der Waals surface area contributed by atoms with Crippen LogP contribution in [0.4, 0.5) is 4.79 Å². The standard InChI is InChI=1S/C32H45N3O7S/c1-23-19-30(34(43(37,38)33(2)3)21-24-9-13-27(39-4)14-10-24)31-22-42-28-15-11-25(12-16-28)26-7-5-8-29(20-26)40-17-6-18-41-32(36)35(23)31/h5,7-10,13-14,20,23,25,28,30-31H,6,11-12,15-19,21-22H2,1-4H3. The van der Waals surface area contributed by atoms with Crippen molar-refractivity contribution >= 4 is 16.3 Å². The Balaban J connectivity index is 1.42. The Morgan fingerprint density at radius 3 is 2.42 bits per heavy atom. The van der Waals surface area contributed by atoms with Crippen LogP contribution in [0.5, 0.6) is 11.5 Å². The Hall–Kier alpha value is -2.86. The summed E-state index contributed by atoms with van der Waals surface area (Å²) >= 11 is 0. The van der Waals surface area contributed by atoms with Crippen molar-refractivity contribution in [3.63, 3.8) is 0 Å². The SMILES string of the molecule is COc1ccc(CN(C2CC(C)N3C(=O)OCCCOc4cccc(c4)C4CCC(CC4)OCC23)S(=O)(=O)N(C)C)cc1. The van der Waals surface area contributed by atoms with Crippen LogP contribution < -0.4 is 9.47 Å². The van der Waals surface area contributed by atoms with Gasteiger partial charge in [-0.2, -0.15) is 17.0 Å². The van der Waals surface area contributed by atoms with Crippen molar-refractivity contribution in [1.29, 1.82) is 0 Å². The maximum Gasteiger partial charge on any atom is 0.410 e. The van der Waals surface area contributed by atoms with Gasteiger partial charge in [-0.3, -0.25) is 4.90 Å². The molecule has 10 nitrogen and oxygen atoms in total. The number of carbonyl (C=O) groups excluding carboxylic acids is 1. The van der Waals surface area contributed by atoms with Crippen LogP contribution >= 0.6 is 0 Å². The summed E-state index contributed by atoms with van der Waals surface area (Å²) < 4.78 is 53.9. The number of fused-ring (bicyclic) bond motifs is 8. The van der Waals surface area contributed by atoms with Gasteiger partial charge in [-0.1, -0.05) is 24.3 Å². The molecule has 4 aliphatic rings. The van der Waals surface area contributed by atoms with Crippen LogP contribution in [-0.4, -0.2) is 93.3 Å². The van der Waals surface area contributed by atoms with Gasteiger partial charge in [-0.25, -0.2) is 4.79 Å². The summed E-state index contributed by atoms with van der Waals surface area (Å²) in [5, 5.41) is 0. The van der Waals surface area contributed by atoms with Crippen molar-refractivity contribution in [3.8, 4) is 11.5 Å². The Labute approximate surface area is 256 Å². The number of methoxy groups -OCH3 is 1. The number of carbonyl (C=O) groups is 1. The molecule has 0 spiro atoms. The zero-order valence-electron chi connectivity index (χ0n) is 25.7. The van der Waals surface area contributed by atoms with Gasteiger partial charge in [0.25, 0.3) is 10.2 Å². The molecule has 3 aliphatic heterocycles. The van der Waals surface area contributed by atoms with Crippen molar-refractivity contribution in [2.45, 2.75) is 82.1 Å². The lowest BCUT2D eigenvalue weighted by Gasteiger charge is -2.37. The van der Waals surface area contributed by atoms with Gasteiger partial charge in [0.15, 0.2) is 0 Å². The first kappa shape index (κ1) is 31.6. The van der Waals surface area contributed by atoms with E-state index in [1.165, 1.54) is 28.3 Å². The molecule has 2 aromatic rings. The summed E-state index contributed by atoms with van der Waals surface area (Å²) in [6.07, 6.45) is 4.42. The molecular formula is C32H45N3O7S. The largest absolute Gasteiger partial charge is 0.497 e. The summed E-state index contributed by atoms with van der Waals surface area (Å²) in [5.41, 5.74) is 2.11. The second kappa shape index (κ2) is 13.8. The van der Waals surface area contributed by atoms with Gasteiger partial charge >= 0.3 is 6.09 Å². The predicted octanol–water partition coefficient (Wildman–Crippen LogP) is 4.80. The number of benzene rings is 2. The lowest BCUT2D eigenvalue weighted by Crippen LogP contribution is -2.54. The van der Waals surface area contributed by atoms with Crippen LogP contribution in [0.1, 0.15) is 62.5 Å². The average Bonchev–Trinajstić information content (AvgIpc) is 3.33. The molecule has 3 unspecified atom stereocenters. The first-order valence-corrected chi connectivity index (χ1v) is 16.7. The molecule has 3 atom stereocenters. The second-order valence-corrected chi connectivity index (χ2v) is 14.1. The summed E-state index contributed by atoms with van der Waals surface area (Å²) in [5.74, 6) is 1.98. The molecule has 4 bridgehead atoms. The van der Waals surface area contributed by atoms with E-state index in [1.54, 1.807) is 12.0 Å². The van der Waals surface area contributed by atoms with E-state index in [2.05, 4.69) is 12.1 Å². The lowest BCUT2D eigenvalue weighted by molar-refractivity contribution is -0.0160. The maximum atomic E-state index is 13.8. The third-order valence-electron chi connectivity index (χ3n) is 8.98. The van der Waals surface area contributed by atoms with Crippen molar-refractivity contribution < 1.29 is 32.2 Å². The zero-order chi connectivity index (χ0) is 30.6. The number of ether oxygens (including phenoxy) is 4. The molecule has 236 valence electrons. The van der Waals surface area contributed by atoms with Crippen LogP contribution in [-0.2, 0) is 26.2 Å². The first-order valence-electron chi connectivity index (χ1n) is 15.3. The summed E-state index contributed by atoms with van der Waals surface area (Å²) in [6, 6.07) is 14.4. The molecular weight excluding hydrogens is 570 g/mol. The third-order valence-corrected chi connectivity index (χ3v) is 10.9. The molecule has 6 rings (SSSR count). The first-order chi connectivity index (χ1) is 20.7. The van der Waals surface area contributed by atoms with Crippen LogP contribution in [0.2, 0.25) is 0 Å². The minimum absolute atomic E-state index is 0.0429. The van der Waals surface area contributed by atoms with E-state index in [4.69, 9.17) is 18.9 Å². The smallest absolute Gasteiger partial charge is 0.410 e. The van der Waals surface area contributed by atoms with E-state index in [-0.39, 0.29) is 31.9 Å². The second-order valence-electron chi connectivity index (χ2n) is 12.0. The van der Waals surface area contributed by atoms with Gasteiger partial charge in [0.05, 0.1) is 45.1 Å². The molecule has 0 radical (unpaired) electrons. The highest BCUT2D eigenvalue weighted by molar-refractivity contribution is 7.86. The van der Waals surface area contributed by atoms with E-state index in [9.17, 15) is 13.2 Å². The van der Waals surface area contributed by atoms with Gasteiger partial charge in [0, 0.05) is 33.1 Å². The van der Waals surface area contributed by atoms with Crippen molar-refractivity contribution in [2.24, 2.45) is 0 Å². The predicted molar refractivity (Wildman–Crippen MR) is 163 cm³/mol. The van der Waals surface area contributed by atoms with Crippen LogP contribution in [0, 0.1) is 0 Å². The monoisotopic (exact) mass is 615 g/mol. The van der Waals surface area contributed by atoms with Gasteiger partial charge in [-0.15, -0.1) is 0 Å². The number of nitrogens with zero attached hydrogens (tertiary/aromatic N) is 3. The van der Waals surface area contributed by atoms with Crippen LogP contribution in [0.3, 0.4) is 0 Å². The van der Waals surface area contributed by atoms with Crippen molar-refractivity contribution in [3.05, 3.63) is 59.7 Å². The van der Waals surface area contributed by atoms with Gasteiger partial charge in [0.2, 0.25) is 0 Å². The van der Waals surface area contributed by atoms with Gasteiger partial charge < -0.3 is 18.9 Å². The lowest BCUT2D eigenvalue weighted by atomic mass is 9.82. The van der Waals surface area contributed by atoms with Crippen LogP contribution in [0.15, 0.2) is 48.5 Å². The molecule has 1 saturated heterocycles. The highest BCUT2D eigenvalue weighted by Gasteiger charge is 2.49. The topological polar surface area (TPSA) is 97.9 Å². The molecule has 2 aromatic carbocycles. The minimum atomic E-state index is -3.85. The van der Waals surface area contributed by atoms with Gasteiger partial charge in [-0.05, 0) is 80.3 Å². The average molecular weight is 616 g/mol. The third kappa shape index (κ3) is 7.28. The molecule has 1 saturated carbocycles. The Kier molecular flexibility index (Phi) is 10.2. The fraction of sp³-hybridized carbons (Fsp3) is 0.594. The van der Waals surface area contributed by atoms with Crippen molar-refractivity contribution in [1.82, 2.24) is 13.5 Å². The van der Waals surface area contributed by atoms with E-state index in [0.29, 0.717) is 31.1 Å². The number of amides is 1. The fourth-order valence-electron chi connectivity index (χ4n) is 6.58. The molecule has 0 aromatic heterocycles. The maximum absolute atomic E-state index is 13.8. The van der Waals surface area contributed by atoms with E-state index >= 15 is 0 Å². The molecule has 0 N–H and O–H groups in total. The van der Waals surface area contributed by atoms with E-state index < -0.39 is 28.4 Å². The van der Waals surface area contributed by atoms with Gasteiger partial charge in [0.1, 0.15) is 11.5 Å². The summed E-state index contributed by atoms with van der Waals surface area (Å²) in [7, 11) is 0.816. The fourth-order valence-corrected chi connectivity index (χ4v) is 7.88. The molecule has 1 aliphatic carbocycles. The highest BCUT2D eigenvalue weighted by Crippen LogP contribution is 2.37. The van der Waals surface area contributed by atoms with Crippen molar-refractivity contribution in [2.75, 3.05) is 41.0 Å². The highest BCUT2D eigenvalue weighted by atomic mass is 32.2. The Morgan fingerprint density at radius 2 is 1.72 bits per heavy atom. The number of rotatable bonds is 6. The Morgan fingerprint density at radius 1 is 1.00 bits per heavy atom. The zero-order valence-corrected chi connectivity index (χ0v) is 26.5. The number of hydrogen-bond acceptors (Lipinski definition) is 7. The van der Waals surface area contributed by atoms with E-state index in [0.717, 1.165) is 37.0 Å². The quantitative estimate of drug-likeness (QED) is 0.461. The molecule has 2 fully saturated rings. The number of hydrogen-bond donors (Lipinski definition) is 0. The minimum Gasteiger partial charge on any atom is -0.497 e. The molecule has 43 heavy (non-hydrogen) atoms. The Bertz CT molecular complexity index is 1330. The molecule has 3 heterocycles. The molecule has 1 amide bonds. The summed E-state index contributed by atoms with van der Waals surface area (Å²) in [4.78, 5) is 15.2.